The van der Waals surface area contributed by atoms with Crippen molar-refractivity contribution in [2.45, 2.75) is 27.2 Å². The third kappa shape index (κ3) is 4.73. The van der Waals surface area contributed by atoms with Crippen molar-refractivity contribution < 1.29 is 9.59 Å². The van der Waals surface area contributed by atoms with Crippen molar-refractivity contribution in [3.8, 4) is 0 Å². The molecule has 0 aliphatic carbocycles. The van der Waals surface area contributed by atoms with Crippen LogP contribution in [0.3, 0.4) is 0 Å². The first kappa shape index (κ1) is 16.8. The quantitative estimate of drug-likeness (QED) is 0.910. The molecule has 0 radical (unpaired) electrons. The van der Waals surface area contributed by atoms with Crippen molar-refractivity contribution >= 4 is 23.3 Å². The number of urea groups is 1. The van der Waals surface area contributed by atoms with E-state index in [2.05, 4.69) is 26.1 Å². The standard InChI is InChI=1S/C16H25N3O2S/c1-16(2,3)12-17-15(21)19-8-5-7-18(9-10-19)14(20)13-6-4-11-22-13/h4,6,11H,5,7-10,12H2,1-3H3,(H,17,21). The molecule has 0 unspecified atom stereocenters. The fourth-order valence-corrected chi connectivity index (χ4v) is 3.02. The van der Waals surface area contributed by atoms with Crippen LogP contribution in [0.2, 0.25) is 0 Å². The lowest BCUT2D eigenvalue weighted by atomic mass is 9.97. The van der Waals surface area contributed by atoms with Crippen LogP contribution in [0.4, 0.5) is 4.79 Å². The summed E-state index contributed by atoms with van der Waals surface area (Å²) in [5, 5.41) is 4.89. The van der Waals surface area contributed by atoms with Gasteiger partial charge < -0.3 is 15.1 Å². The monoisotopic (exact) mass is 323 g/mol. The fraction of sp³-hybridized carbons (Fsp3) is 0.625. The van der Waals surface area contributed by atoms with Gasteiger partial charge >= 0.3 is 6.03 Å². The van der Waals surface area contributed by atoms with Gasteiger partial charge in [0.25, 0.3) is 5.91 Å². The second kappa shape index (κ2) is 7.13. The Balaban J connectivity index is 1.87. The van der Waals surface area contributed by atoms with Crippen LogP contribution < -0.4 is 5.32 Å². The summed E-state index contributed by atoms with van der Waals surface area (Å²) in [5.74, 6) is 0.0759. The predicted molar refractivity (Wildman–Crippen MR) is 89.3 cm³/mol. The Bertz CT molecular complexity index is 508. The maximum Gasteiger partial charge on any atom is 0.317 e. The SMILES string of the molecule is CC(C)(C)CNC(=O)N1CCCN(C(=O)c2cccs2)CC1. The fourth-order valence-electron chi connectivity index (χ4n) is 2.33. The van der Waals surface area contributed by atoms with Gasteiger partial charge in [-0.3, -0.25) is 4.79 Å². The molecule has 1 aromatic rings. The summed E-state index contributed by atoms with van der Waals surface area (Å²) >= 11 is 1.47. The molecule has 5 nitrogen and oxygen atoms in total. The Morgan fingerprint density at radius 2 is 1.86 bits per heavy atom. The van der Waals surface area contributed by atoms with Crippen molar-refractivity contribution in [2.24, 2.45) is 5.41 Å². The summed E-state index contributed by atoms with van der Waals surface area (Å²) in [5.41, 5.74) is 0.0721. The molecule has 22 heavy (non-hydrogen) atoms. The van der Waals surface area contributed by atoms with Crippen LogP contribution in [0.5, 0.6) is 0 Å². The largest absolute Gasteiger partial charge is 0.337 e. The summed E-state index contributed by atoms with van der Waals surface area (Å²) in [4.78, 5) is 29.0. The van der Waals surface area contributed by atoms with Gasteiger partial charge in [-0.1, -0.05) is 26.8 Å². The van der Waals surface area contributed by atoms with Crippen molar-refractivity contribution in [1.29, 1.82) is 0 Å². The molecular formula is C16H25N3O2S. The molecule has 2 rings (SSSR count). The molecule has 2 heterocycles. The Morgan fingerprint density at radius 3 is 2.50 bits per heavy atom. The normalized spacial score (nSPS) is 16.3. The van der Waals surface area contributed by atoms with Crippen molar-refractivity contribution in [2.75, 3.05) is 32.7 Å². The van der Waals surface area contributed by atoms with E-state index in [1.54, 1.807) is 0 Å². The number of hydrogen-bond acceptors (Lipinski definition) is 3. The predicted octanol–water partition coefficient (Wildman–Crippen LogP) is 2.65. The van der Waals surface area contributed by atoms with E-state index in [4.69, 9.17) is 0 Å². The summed E-state index contributed by atoms with van der Waals surface area (Å²) in [6.45, 7) is 9.53. The van der Waals surface area contributed by atoms with Gasteiger partial charge in [0.05, 0.1) is 4.88 Å². The van der Waals surface area contributed by atoms with Gasteiger partial charge in [0.1, 0.15) is 0 Å². The zero-order valence-corrected chi connectivity index (χ0v) is 14.4. The van der Waals surface area contributed by atoms with E-state index < -0.39 is 0 Å². The van der Waals surface area contributed by atoms with Gasteiger partial charge in [0, 0.05) is 32.7 Å². The van der Waals surface area contributed by atoms with Gasteiger partial charge in [-0.05, 0) is 23.3 Å². The maximum atomic E-state index is 12.4. The second-order valence-corrected chi connectivity index (χ2v) is 7.78. The Morgan fingerprint density at radius 1 is 1.18 bits per heavy atom. The Hall–Kier alpha value is -1.56. The Labute approximate surface area is 136 Å². The van der Waals surface area contributed by atoms with E-state index in [1.165, 1.54) is 11.3 Å². The molecule has 1 saturated heterocycles. The lowest BCUT2D eigenvalue weighted by Crippen LogP contribution is -2.44. The summed E-state index contributed by atoms with van der Waals surface area (Å²) in [6, 6.07) is 3.72. The number of carbonyl (C=O) groups excluding carboxylic acids is 2. The molecule has 0 aromatic carbocycles. The number of rotatable bonds is 2. The maximum absolute atomic E-state index is 12.4. The van der Waals surface area contributed by atoms with E-state index in [1.807, 2.05) is 27.3 Å². The van der Waals surface area contributed by atoms with Crippen molar-refractivity contribution in [3.05, 3.63) is 22.4 Å². The molecule has 0 atom stereocenters. The highest BCUT2D eigenvalue weighted by atomic mass is 32.1. The number of carbonyl (C=O) groups is 2. The van der Waals surface area contributed by atoms with E-state index >= 15 is 0 Å². The second-order valence-electron chi connectivity index (χ2n) is 6.83. The minimum atomic E-state index is -0.0275. The average Bonchev–Trinajstić information content (AvgIpc) is 2.87. The zero-order valence-electron chi connectivity index (χ0n) is 13.6. The molecule has 1 N–H and O–H groups in total. The van der Waals surface area contributed by atoms with Gasteiger partial charge in [0.2, 0.25) is 0 Å². The number of hydrogen-bond donors (Lipinski definition) is 1. The summed E-state index contributed by atoms with van der Waals surface area (Å²) in [6.07, 6.45) is 0.819. The topological polar surface area (TPSA) is 52.7 Å². The minimum absolute atomic E-state index is 0.0275. The van der Waals surface area contributed by atoms with Gasteiger partial charge in [-0.25, -0.2) is 4.79 Å². The number of amides is 3. The third-order valence-corrected chi connectivity index (χ3v) is 4.43. The molecule has 0 bridgehead atoms. The highest BCUT2D eigenvalue weighted by molar-refractivity contribution is 7.12. The van der Waals surface area contributed by atoms with Crippen molar-refractivity contribution in [1.82, 2.24) is 15.1 Å². The molecule has 1 fully saturated rings. The van der Waals surface area contributed by atoms with E-state index in [9.17, 15) is 9.59 Å². The summed E-state index contributed by atoms with van der Waals surface area (Å²) < 4.78 is 0. The minimum Gasteiger partial charge on any atom is -0.337 e. The van der Waals surface area contributed by atoms with E-state index in [0.29, 0.717) is 32.7 Å². The average molecular weight is 323 g/mol. The van der Waals surface area contributed by atoms with Crippen LogP contribution in [0, 0.1) is 5.41 Å². The molecule has 3 amide bonds. The molecule has 1 aliphatic rings. The number of nitrogens with zero attached hydrogens (tertiary/aromatic N) is 2. The molecule has 1 aromatic heterocycles. The van der Waals surface area contributed by atoms with E-state index in [0.717, 1.165) is 11.3 Å². The van der Waals surface area contributed by atoms with Crippen LogP contribution in [0.1, 0.15) is 36.9 Å². The third-order valence-electron chi connectivity index (χ3n) is 3.57. The first-order valence-corrected chi connectivity index (χ1v) is 8.60. The van der Waals surface area contributed by atoms with Gasteiger partial charge in [-0.15, -0.1) is 11.3 Å². The zero-order chi connectivity index (χ0) is 16.2. The van der Waals surface area contributed by atoms with Crippen LogP contribution >= 0.6 is 11.3 Å². The highest BCUT2D eigenvalue weighted by Crippen LogP contribution is 2.14. The van der Waals surface area contributed by atoms with Crippen LogP contribution in [-0.4, -0.2) is 54.5 Å². The van der Waals surface area contributed by atoms with Gasteiger partial charge in [0.15, 0.2) is 0 Å². The summed E-state index contributed by atoms with van der Waals surface area (Å²) in [7, 11) is 0. The van der Waals surface area contributed by atoms with Crippen molar-refractivity contribution in [3.63, 3.8) is 0 Å². The first-order valence-electron chi connectivity index (χ1n) is 7.72. The van der Waals surface area contributed by atoms with Crippen LogP contribution in [-0.2, 0) is 0 Å². The lowest BCUT2D eigenvalue weighted by molar-refractivity contribution is 0.0767. The Kier molecular flexibility index (Phi) is 5.45. The van der Waals surface area contributed by atoms with E-state index in [-0.39, 0.29) is 17.4 Å². The van der Waals surface area contributed by atoms with Crippen LogP contribution in [0.25, 0.3) is 0 Å². The molecule has 6 heteroatoms. The molecule has 1 aliphatic heterocycles. The molecule has 0 saturated carbocycles. The number of thiophene rings is 1. The smallest absolute Gasteiger partial charge is 0.317 e. The molecular weight excluding hydrogens is 298 g/mol. The van der Waals surface area contributed by atoms with Gasteiger partial charge in [-0.2, -0.15) is 0 Å². The molecule has 122 valence electrons. The lowest BCUT2D eigenvalue weighted by Gasteiger charge is -2.25. The van der Waals surface area contributed by atoms with Crippen LogP contribution in [0.15, 0.2) is 17.5 Å². The highest BCUT2D eigenvalue weighted by Gasteiger charge is 2.23. The first-order chi connectivity index (χ1) is 10.4. The molecule has 0 spiro atoms. The number of nitrogens with one attached hydrogen (secondary N) is 1.